The van der Waals surface area contributed by atoms with Crippen molar-refractivity contribution in [3.63, 3.8) is 0 Å². The summed E-state index contributed by atoms with van der Waals surface area (Å²) in [6.45, 7) is 0. The Morgan fingerprint density at radius 3 is 1.60 bits per heavy atom. The van der Waals surface area contributed by atoms with Crippen LogP contribution in [0.3, 0.4) is 0 Å². The second kappa shape index (κ2) is 7.88. The summed E-state index contributed by atoms with van der Waals surface area (Å²) in [4.78, 5) is 2.32. The Bertz CT molecular complexity index is 1290. The lowest BCUT2D eigenvalue weighted by Crippen LogP contribution is -2.12. The highest BCUT2D eigenvalue weighted by atomic mass is 15.1. The summed E-state index contributed by atoms with van der Waals surface area (Å²) in [7, 11) is 2.16. The van der Waals surface area contributed by atoms with Crippen molar-refractivity contribution >= 4 is 22.1 Å². The van der Waals surface area contributed by atoms with Crippen molar-refractivity contribution < 1.29 is 0 Å². The lowest BCUT2D eigenvalue weighted by molar-refractivity contribution is 1.21. The van der Waals surface area contributed by atoms with Gasteiger partial charge in [-0.25, -0.2) is 0 Å². The van der Waals surface area contributed by atoms with Crippen molar-refractivity contribution in [3.8, 4) is 22.3 Å². The lowest BCUT2D eigenvalue weighted by Gasteiger charge is -2.26. The minimum absolute atomic E-state index is 1.19. The Labute approximate surface area is 177 Å². The van der Waals surface area contributed by atoms with Gasteiger partial charge in [0.05, 0.1) is 0 Å². The summed E-state index contributed by atoms with van der Waals surface area (Å²) in [5.74, 6) is 0. The van der Waals surface area contributed by atoms with E-state index in [2.05, 4.69) is 133 Å². The SMILES string of the molecule is CN(c1ccccc1-c1ccccc1)c1cc2ccccc2cc1-c1ccccc1. The van der Waals surface area contributed by atoms with E-state index in [1.54, 1.807) is 0 Å². The highest BCUT2D eigenvalue weighted by molar-refractivity contribution is 5.97. The molecule has 0 radical (unpaired) electrons. The molecule has 0 fully saturated rings. The van der Waals surface area contributed by atoms with Gasteiger partial charge >= 0.3 is 0 Å². The van der Waals surface area contributed by atoms with Gasteiger partial charge in [-0.1, -0.05) is 103 Å². The first-order valence-corrected chi connectivity index (χ1v) is 10.3. The van der Waals surface area contributed by atoms with Crippen LogP contribution in [-0.4, -0.2) is 7.05 Å². The van der Waals surface area contributed by atoms with E-state index in [1.165, 1.54) is 44.4 Å². The van der Waals surface area contributed by atoms with E-state index < -0.39 is 0 Å². The second-order valence-corrected chi connectivity index (χ2v) is 7.52. The fraction of sp³-hybridized carbons (Fsp3) is 0.0345. The van der Waals surface area contributed by atoms with E-state index in [4.69, 9.17) is 0 Å². The predicted molar refractivity (Wildman–Crippen MR) is 129 cm³/mol. The van der Waals surface area contributed by atoms with E-state index >= 15 is 0 Å². The summed E-state index contributed by atoms with van der Waals surface area (Å²) in [5, 5.41) is 2.50. The minimum Gasteiger partial charge on any atom is -0.344 e. The van der Waals surface area contributed by atoms with Crippen LogP contribution in [0, 0.1) is 0 Å². The number of hydrogen-bond donors (Lipinski definition) is 0. The molecule has 30 heavy (non-hydrogen) atoms. The van der Waals surface area contributed by atoms with Gasteiger partial charge in [-0.3, -0.25) is 0 Å². The third-order valence-corrected chi connectivity index (χ3v) is 5.66. The molecule has 0 aliphatic carbocycles. The van der Waals surface area contributed by atoms with Crippen LogP contribution < -0.4 is 4.90 Å². The second-order valence-electron chi connectivity index (χ2n) is 7.52. The molecule has 0 saturated carbocycles. The molecule has 0 atom stereocenters. The van der Waals surface area contributed by atoms with Crippen LogP contribution in [0.5, 0.6) is 0 Å². The van der Waals surface area contributed by atoms with Crippen LogP contribution in [-0.2, 0) is 0 Å². The zero-order chi connectivity index (χ0) is 20.3. The van der Waals surface area contributed by atoms with Crippen LogP contribution in [0.1, 0.15) is 0 Å². The Balaban J connectivity index is 1.72. The maximum Gasteiger partial charge on any atom is 0.0494 e. The Morgan fingerprint density at radius 1 is 0.433 bits per heavy atom. The molecule has 1 heteroatoms. The number of fused-ring (bicyclic) bond motifs is 1. The van der Waals surface area contributed by atoms with Gasteiger partial charge in [-0.2, -0.15) is 0 Å². The van der Waals surface area contributed by atoms with Crippen LogP contribution >= 0.6 is 0 Å². The van der Waals surface area contributed by atoms with E-state index in [1.807, 2.05) is 0 Å². The highest BCUT2D eigenvalue weighted by Crippen LogP contribution is 2.40. The first-order valence-electron chi connectivity index (χ1n) is 10.3. The van der Waals surface area contributed by atoms with Crippen molar-refractivity contribution in [1.29, 1.82) is 0 Å². The number of hydrogen-bond acceptors (Lipinski definition) is 1. The summed E-state index contributed by atoms with van der Waals surface area (Å²) in [6.07, 6.45) is 0. The molecule has 0 N–H and O–H groups in total. The van der Waals surface area contributed by atoms with Crippen LogP contribution in [0.25, 0.3) is 33.0 Å². The minimum atomic E-state index is 1.19. The van der Waals surface area contributed by atoms with Gasteiger partial charge in [0.15, 0.2) is 0 Å². The van der Waals surface area contributed by atoms with Crippen molar-refractivity contribution in [2.75, 3.05) is 11.9 Å². The van der Waals surface area contributed by atoms with Crippen LogP contribution in [0.4, 0.5) is 11.4 Å². The molecule has 5 aromatic rings. The third kappa shape index (κ3) is 3.35. The Morgan fingerprint density at radius 2 is 0.933 bits per heavy atom. The zero-order valence-corrected chi connectivity index (χ0v) is 17.0. The first kappa shape index (κ1) is 18.2. The number of rotatable bonds is 4. The van der Waals surface area contributed by atoms with Gasteiger partial charge in [-0.15, -0.1) is 0 Å². The van der Waals surface area contributed by atoms with Gasteiger partial charge in [0.2, 0.25) is 0 Å². The molecule has 0 amide bonds. The molecule has 0 aliphatic rings. The van der Waals surface area contributed by atoms with Gasteiger partial charge in [-0.05, 0) is 40.1 Å². The third-order valence-electron chi connectivity index (χ3n) is 5.66. The van der Waals surface area contributed by atoms with Crippen LogP contribution in [0.2, 0.25) is 0 Å². The molecule has 5 aromatic carbocycles. The van der Waals surface area contributed by atoms with Crippen molar-refractivity contribution in [2.24, 2.45) is 0 Å². The predicted octanol–water partition coefficient (Wildman–Crippen LogP) is 7.94. The largest absolute Gasteiger partial charge is 0.344 e. The van der Waals surface area contributed by atoms with Gasteiger partial charge in [0, 0.05) is 29.5 Å². The lowest BCUT2D eigenvalue weighted by atomic mass is 9.97. The fourth-order valence-corrected chi connectivity index (χ4v) is 4.11. The molecule has 0 aromatic heterocycles. The van der Waals surface area contributed by atoms with Crippen molar-refractivity contribution in [3.05, 3.63) is 121 Å². The smallest absolute Gasteiger partial charge is 0.0494 e. The Kier molecular flexibility index (Phi) is 4.78. The molecule has 0 bridgehead atoms. The number of anilines is 2. The van der Waals surface area contributed by atoms with E-state index in [0.717, 1.165) is 0 Å². The molecule has 0 saturated heterocycles. The molecule has 144 valence electrons. The molecule has 1 nitrogen and oxygen atoms in total. The molecule has 0 heterocycles. The maximum atomic E-state index is 2.32. The topological polar surface area (TPSA) is 3.24 Å². The molecular formula is C29H23N. The molecule has 5 rings (SSSR count). The molecular weight excluding hydrogens is 362 g/mol. The summed E-state index contributed by atoms with van der Waals surface area (Å²) < 4.78 is 0. The fourth-order valence-electron chi connectivity index (χ4n) is 4.11. The monoisotopic (exact) mass is 385 g/mol. The number of para-hydroxylation sites is 1. The number of benzene rings is 5. The standard InChI is InChI=1S/C29H23N/c1-30(28-19-11-10-18-26(28)22-12-4-2-5-13-22)29-21-25-17-9-8-16-24(25)20-27(29)23-14-6-3-7-15-23/h2-21H,1H3. The molecule has 0 unspecified atom stereocenters. The Hall–Kier alpha value is -3.84. The number of nitrogens with zero attached hydrogens (tertiary/aromatic N) is 1. The zero-order valence-electron chi connectivity index (χ0n) is 17.0. The highest BCUT2D eigenvalue weighted by Gasteiger charge is 2.15. The van der Waals surface area contributed by atoms with Gasteiger partial charge in [0.1, 0.15) is 0 Å². The normalized spacial score (nSPS) is 10.8. The molecule has 0 spiro atoms. The van der Waals surface area contributed by atoms with Gasteiger partial charge in [0.25, 0.3) is 0 Å². The quantitative estimate of drug-likeness (QED) is 0.303. The van der Waals surface area contributed by atoms with E-state index in [-0.39, 0.29) is 0 Å². The average Bonchev–Trinajstić information content (AvgIpc) is 2.84. The summed E-state index contributed by atoms with van der Waals surface area (Å²) in [5.41, 5.74) is 7.30. The molecule has 0 aliphatic heterocycles. The van der Waals surface area contributed by atoms with E-state index in [0.29, 0.717) is 0 Å². The van der Waals surface area contributed by atoms with Crippen molar-refractivity contribution in [1.82, 2.24) is 0 Å². The van der Waals surface area contributed by atoms with E-state index in [9.17, 15) is 0 Å². The summed E-state index contributed by atoms with van der Waals surface area (Å²) >= 11 is 0. The average molecular weight is 386 g/mol. The maximum absolute atomic E-state index is 2.32. The van der Waals surface area contributed by atoms with Crippen molar-refractivity contribution in [2.45, 2.75) is 0 Å². The summed E-state index contributed by atoms with van der Waals surface area (Å²) in [6, 6.07) is 43.0. The van der Waals surface area contributed by atoms with Crippen LogP contribution in [0.15, 0.2) is 121 Å². The van der Waals surface area contributed by atoms with Gasteiger partial charge < -0.3 is 4.90 Å². The first-order chi connectivity index (χ1) is 14.8.